The molecule has 0 aromatic heterocycles. The molecule has 6 heteroatoms. The summed E-state index contributed by atoms with van der Waals surface area (Å²) in [5.74, 6) is -0.379. The van der Waals surface area contributed by atoms with E-state index in [4.69, 9.17) is 39.5 Å². The van der Waals surface area contributed by atoms with Crippen LogP contribution in [0.3, 0.4) is 0 Å². The zero-order valence-electron chi connectivity index (χ0n) is 14.4. The van der Waals surface area contributed by atoms with Crippen molar-refractivity contribution >= 4 is 52.6 Å². The molecule has 0 radical (unpaired) electrons. The van der Waals surface area contributed by atoms with Gasteiger partial charge in [-0.3, -0.25) is 4.79 Å². The molecule has 0 saturated carbocycles. The molecule has 0 N–H and O–H groups in total. The van der Waals surface area contributed by atoms with Crippen LogP contribution in [0.1, 0.15) is 26.3 Å². The van der Waals surface area contributed by atoms with Crippen LogP contribution in [0.2, 0.25) is 15.1 Å². The summed E-state index contributed by atoms with van der Waals surface area (Å²) in [6.45, 7) is 0. The second kappa shape index (κ2) is 9.07. The molecule has 0 bridgehead atoms. The van der Waals surface area contributed by atoms with Gasteiger partial charge in [-0.25, -0.2) is 4.79 Å². The van der Waals surface area contributed by atoms with Crippen molar-refractivity contribution in [1.29, 1.82) is 0 Å². The molecule has 3 aromatic carbocycles. The minimum atomic E-state index is -0.506. The number of hydrogen-bond donors (Lipinski definition) is 0. The molecular weight excluding hydrogens is 419 g/mol. The van der Waals surface area contributed by atoms with E-state index in [0.29, 0.717) is 37.5 Å². The average molecular weight is 432 g/mol. The number of ketones is 1. The highest BCUT2D eigenvalue weighted by Gasteiger charge is 2.09. The fourth-order valence-electron chi connectivity index (χ4n) is 2.34. The first-order valence-corrected chi connectivity index (χ1v) is 9.31. The number of carbonyl (C=O) groups excluding carboxylic acids is 2. The first kappa shape index (κ1) is 20.2. The van der Waals surface area contributed by atoms with Gasteiger partial charge >= 0.3 is 5.97 Å². The number of allylic oxidation sites excluding steroid dienone is 1. The largest absolute Gasteiger partial charge is 0.423 e. The van der Waals surface area contributed by atoms with E-state index >= 15 is 0 Å². The molecule has 0 aliphatic heterocycles. The SMILES string of the molecule is O=C(/C=C/c1ccc(Cl)cc1Cl)c1ccc(OC(=O)c2ccc(Cl)cc2)cc1. The normalized spacial score (nSPS) is 10.8. The van der Waals surface area contributed by atoms with Gasteiger partial charge in [-0.05, 0) is 78.4 Å². The van der Waals surface area contributed by atoms with Crippen LogP contribution in [-0.2, 0) is 0 Å². The fourth-order valence-corrected chi connectivity index (χ4v) is 2.94. The summed E-state index contributed by atoms with van der Waals surface area (Å²) in [4.78, 5) is 24.4. The van der Waals surface area contributed by atoms with Crippen LogP contribution < -0.4 is 4.74 Å². The van der Waals surface area contributed by atoms with Crippen molar-refractivity contribution in [2.75, 3.05) is 0 Å². The van der Waals surface area contributed by atoms with Crippen molar-refractivity contribution in [2.45, 2.75) is 0 Å². The predicted molar refractivity (Wildman–Crippen MR) is 113 cm³/mol. The van der Waals surface area contributed by atoms with Gasteiger partial charge in [-0.15, -0.1) is 0 Å². The molecule has 0 spiro atoms. The Morgan fingerprint density at radius 1 is 0.750 bits per heavy atom. The van der Waals surface area contributed by atoms with E-state index in [9.17, 15) is 9.59 Å². The standard InChI is InChI=1S/C22H13Cl3O3/c23-17-7-2-16(3-8-17)22(27)28-19-10-4-15(5-11-19)21(26)12-6-14-1-9-18(24)13-20(14)25/h1-13H/b12-6+. The molecule has 0 aliphatic carbocycles. The van der Waals surface area contributed by atoms with E-state index in [-0.39, 0.29) is 5.78 Å². The minimum absolute atomic E-state index is 0.207. The molecule has 0 atom stereocenters. The van der Waals surface area contributed by atoms with Crippen molar-refractivity contribution in [3.8, 4) is 5.75 Å². The topological polar surface area (TPSA) is 43.4 Å². The molecule has 0 amide bonds. The number of ether oxygens (including phenoxy) is 1. The third kappa shape index (κ3) is 5.23. The Morgan fingerprint density at radius 3 is 2.00 bits per heavy atom. The van der Waals surface area contributed by atoms with Crippen LogP contribution in [0, 0.1) is 0 Å². The van der Waals surface area contributed by atoms with Crippen molar-refractivity contribution in [1.82, 2.24) is 0 Å². The summed E-state index contributed by atoms with van der Waals surface area (Å²) in [6, 6.07) is 17.7. The lowest BCUT2D eigenvalue weighted by atomic mass is 10.1. The van der Waals surface area contributed by atoms with E-state index in [1.54, 1.807) is 72.8 Å². The van der Waals surface area contributed by atoms with Crippen LogP contribution in [0.15, 0.2) is 72.8 Å². The third-order valence-electron chi connectivity index (χ3n) is 3.81. The number of carbonyl (C=O) groups is 2. The zero-order chi connectivity index (χ0) is 20.1. The van der Waals surface area contributed by atoms with Gasteiger partial charge in [0.2, 0.25) is 0 Å². The van der Waals surface area contributed by atoms with E-state index in [0.717, 1.165) is 0 Å². The van der Waals surface area contributed by atoms with Crippen molar-refractivity contribution < 1.29 is 14.3 Å². The first-order chi connectivity index (χ1) is 13.4. The second-order valence-corrected chi connectivity index (χ2v) is 7.06. The van der Waals surface area contributed by atoms with Crippen LogP contribution in [0.25, 0.3) is 6.08 Å². The maximum Gasteiger partial charge on any atom is 0.343 e. The number of rotatable bonds is 5. The maximum absolute atomic E-state index is 12.3. The quantitative estimate of drug-likeness (QED) is 0.194. The van der Waals surface area contributed by atoms with Gasteiger partial charge in [-0.2, -0.15) is 0 Å². The molecule has 28 heavy (non-hydrogen) atoms. The molecule has 3 aromatic rings. The van der Waals surface area contributed by atoms with Crippen molar-refractivity contribution in [3.05, 3.63) is 105 Å². The Labute approximate surface area is 177 Å². The number of hydrogen-bond acceptors (Lipinski definition) is 3. The van der Waals surface area contributed by atoms with Crippen LogP contribution in [0.4, 0.5) is 0 Å². The highest BCUT2D eigenvalue weighted by atomic mass is 35.5. The highest BCUT2D eigenvalue weighted by Crippen LogP contribution is 2.22. The molecule has 0 saturated heterocycles. The average Bonchev–Trinajstić information content (AvgIpc) is 2.68. The van der Waals surface area contributed by atoms with Gasteiger partial charge < -0.3 is 4.74 Å². The van der Waals surface area contributed by atoms with E-state index < -0.39 is 5.97 Å². The van der Waals surface area contributed by atoms with E-state index in [1.165, 1.54) is 6.08 Å². The van der Waals surface area contributed by atoms with Gasteiger partial charge in [-0.1, -0.05) is 40.9 Å². The molecule has 3 nitrogen and oxygen atoms in total. The number of halogens is 3. The Bertz CT molecular complexity index is 1040. The summed E-state index contributed by atoms with van der Waals surface area (Å²) in [5.41, 5.74) is 1.52. The summed E-state index contributed by atoms with van der Waals surface area (Å²) < 4.78 is 5.29. The smallest absolute Gasteiger partial charge is 0.343 e. The Hall–Kier alpha value is -2.59. The Kier molecular flexibility index (Phi) is 6.53. The van der Waals surface area contributed by atoms with Crippen molar-refractivity contribution in [2.24, 2.45) is 0 Å². The summed E-state index contributed by atoms with van der Waals surface area (Å²) in [6.07, 6.45) is 3.04. The third-order valence-corrected chi connectivity index (χ3v) is 4.62. The van der Waals surface area contributed by atoms with Gasteiger partial charge in [0.05, 0.1) is 5.56 Å². The van der Waals surface area contributed by atoms with Crippen LogP contribution in [0.5, 0.6) is 5.75 Å². The van der Waals surface area contributed by atoms with Gasteiger partial charge in [0.1, 0.15) is 5.75 Å². The predicted octanol–water partition coefficient (Wildman–Crippen LogP) is 6.76. The highest BCUT2D eigenvalue weighted by molar-refractivity contribution is 6.35. The van der Waals surface area contributed by atoms with E-state index in [2.05, 4.69) is 0 Å². The van der Waals surface area contributed by atoms with Gasteiger partial charge in [0.25, 0.3) is 0 Å². The number of esters is 1. The lowest BCUT2D eigenvalue weighted by Crippen LogP contribution is -2.08. The van der Waals surface area contributed by atoms with Crippen molar-refractivity contribution in [3.63, 3.8) is 0 Å². The fraction of sp³-hybridized carbons (Fsp3) is 0. The lowest BCUT2D eigenvalue weighted by molar-refractivity contribution is 0.0734. The minimum Gasteiger partial charge on any atom is -0.423 e. The Balaban J connectivity index is 1.66. The first-order valence-electron chi connectivity index (χ1n) is 8.17. The monoisotopic (exact) mass is 430 g/mol. The number of benzene rings is 3. The molecule has 0 fully saturated rings. The zero-order valence-corrected chi connectivity index (χ0v) is 16.6. The second-order valence-electron chi connectivity index (χ2n) is 5.78. The molecule has 3 rings (SSSR count). The maximum atomic E-state index is 12.3. The van der Waals surface area contributed by atoms with Crippen LogP contribution >= 0.6 is 34.8 Å². The molecule has 0 heterocycles. The summed E-state index contributed by atoms with van der Waals surface area (Å²) in [5, 5.41) is 1.52. The lowest BCUT2D eigenvalue weighted by Gasteiger charge is -2.05. The summed E-state index contributed by atoms with van der Waals surface area (Å²) in [7, 11) is 0. The van der Waals surface area contributed by atoms with E-state index in [1.807, 2.05) is 0 Å². The molecular formula is C22H13Cl3O3. The van der Waals surface area contributed by atoms with Gasteiger partial charge in [0.15, 0.2) is 5.78 Å². The Morgan fingerprint density at radius 2 is 1.36 bits per heavy atom. The van der Waals surface area contributed by atoms with Gasteiger partial charge in [0, 0.05) is 20.6 Å². The molecule has 140 valence electrons. The summed E-state index contributed by atoms with van der Waals surface area (Å²) >= 11 is 17.7. The van der Waals surface area contributed by atoms with Crippen LogP contribution in [-0.4, -0.2) is 11.8 Å². The molecule has 0 unspecified atom stereocenters. The molecule has 0 aliphatic rings.